The van der Waals surface area contributed by atoms with Crippen molar-refractivity contribution in [3.8, 4) is 0 Å². The number of benzene rings is 1. The molecule has 0 aromatic heterocycles. The summed E-state index contributed by atoms with van der Waals surface area (Å²) in [4.78, 5) is 14.9. The summed E-state index contributed by atoms with van der Waals surface area (Å²) in [6.45, 7) is 5.48. The van der Waals surface area contributed by atoms with E-state index >= 15 is 0 Å². The van der Waals surface area contributed by atoms with Gasteiger partial charge in [-0.3, -0.25) is 4.79 Å². The van der Waals surface area contributed by atoms with E-state index in [-0.39, 0.29) is 30.3 Å². The molecule has 1 aliphatic heterocycles. The van der Waals surface area contributed by atoms with Crippen molar-refractivity contribution in [1.82, 2.24) is 9.21 Å². The minimum atomic E-state index is -3.51. The molecule has 1 aromatic rings. The Balaban J connectivity index is 0.00000261. The zero-order chi connectivity index (χ0) is 18.9. The molecule has 2 aliphatic rings. The molecule has 0 radical (unpaired) electrons. The highest BCUT2D eigenvalue weighted by atomic mass is 35.5. The molecule has 2 unspecified atom stereocenters. The number of halogens is 1. The second-order valence-electron chi connectivity index (χ2n) is 7.60. The summed E-state index contributed by atoms with van der Waals surface area (Å²) in [6.07, 6.45) is 3.64. The highest BCUT2D eigenvalue weighted by molar-refractivity contribution is 7.89. The number of rotatable bonds is 3. The maximum absolute atomic E-state index is 12.9. The molecule has 2 N–H and O–H groups in total. The molecule has 1 saturated heterocycles. The minimum absolute atomic E-state index is 0. The number of amides is 1. The summed E-state index contributed by atoms with van der Waals surface area (Å²) in [5.74, 6) is 0.144. The van der Waals surface area contributed by atoms with Crippen molar-refractivity contribution < 1.29 is 13.2 Å². The third-order valence-corrected chi connectivity index (χ3v) is 7.63. The van der Waals surface area contributed by atoms with Crippen molar-refractivity contribution in [2.24, 2.45) is 11.7 Å². The second kappa shape index (κ2) is 8.90. The predicted octanol–water partition coefficient (Wildman–Crippen LogP) is 2.08. The van der Waals surface area contributed by atoms with Crippen LogP contribution in [0.3, 0.4) is 0 Å². The van der Waals surface area contributed by atoms with Crippen LogP contribution in [0, 0.1) is 19.8 Å². The number of piperazine rings is 1. The average Bonchev–Trinajstić information content (AvgIpc) is 2.63. The average molecular weight is 416 g/mol. The van der Waals surface area contributed by atoms with Gasteiger partial charge < -0.3 is 10.6 Å². The van der Waals surface area contributed by atoms with Gasteiger partial charge in [-0.05, 0) is 56.4 Å². The SMILES string of the molecule is Cc1ccc(S(=O)(=O)N2CCN(C(=O)C3CCCC(N)C3)CC2)cc1C.Cl. The zero-order valence-corrected chi connectivity index (χ0v) is 17.7. The number of carbonyl (C=O) groups excluding carboxylic acids is 1. The van der Waals surface area contributed by atoms with Crippen LogP contribution in [-0.2, 0) is 14.8 Å². The van der Waals surface area contributed by atoms with E-state index in [0.717, 1.165) is 36.8 Å². The first kappa shape index (κ1) is 22.1. The van der Waals surface area contributed by atoms with Gasteiger partial charge in [-0.1, -0.05) is 12.5 Å². The van der Waals surface area contributed by atoms with Gasteiger partial charge in [-0.15, -0.1) is 12.4 Å². The lowest BCUT2D eigenvalue weighted by molar-refractivity contribution is -0.137. The van der Waals surface area contributed by atoms with Gasteiger partial charge in [0, 0.05) is 38.1 Å². The van der Waals surface area contributed by atoms with Crippen molar-refractivity contribution >= 4 is 28.3 Å². The van der Waals surface area contributed by atoms with E-state index in [9.17, 15) is 13.2 Å². The number of hydrogen-bond donors (Lipinski definition) is 1. The quantitative estimate of drug-likeness (QED) is 0.819. The maximum Gasteiger partial charge on any atom is 0.243 e. The van der Waals surface area contributed by atoms with Crippen LogP contribution in [0.15, 0.2) is 23.1 Å². The topological polar surface area (TPSA) is 83.7 Å². The van der Waals surface area contributed by atoms with Crippen LogP contribution < -0.4 is 5.73 Å². The molecular weight excluding hydrogens is 386 g/mol. The Morgan fingerprint density at radius 1 is 1.07 bits per heavy atom. The van der Waals surface area contributed by atoms with E-state index in [1.165, 1.54) is 4.31 Å². The number of hydrogen-bond acceptors (Lipinski definition) is 4. The first-order chi connectivity index (χ1) is 12.3. The second-order valence-corrected chi connectivity index (χ2v) is 9.54. The molecule has 2 atom stereocenters. The monoisotopic (exact) mass is 415 g/mol. The van der Waals surface area contributed by atoms with Gasteiger partial charge in [0.2, 0.25) is 15.9 Å². The van der Waals surface area contributed by atoms with Crippen LogP contribution in [0.5, 0.6) is 0 Å². The summed E-state index contributed by atoms with van der Waals surface area (Å²) < 4.78 is 27.2. The van der Waals surface area contributed by atoms with Crippen LogP contribution in [0.1, 0.15) is 36.8 Å². The highest BCUT2D eigenvalue weighted by Crippen LogP contribution is 2.26. The fourth-order valence-electron chi connectivity index (χ4n) is 3.88. The molecule has 1 heterocycles. The van der Waals surface area contributed by atoms with Gasteiger partial charge in [0.15, 0.2) is 0 Å². The Kier molecular flexibility index (Phi) is 7.30. The van der Waals surface area contributed by atoms with Crippen LogP contribution in [0.25, 0.3) is 0 Å². The van der Waals surface area contributed by atoms with E-state index in [1.807, 2.05) is 24.8 Å². The molecule has 1 aliphatic carbocycles. The van der Waals surface area contributed by atoms with Gasteiger partial charge in [0.1, 0.15) is 0 Å². The fourth-order valence-corrected chi connectivity index (χ4v) is 5.39. The Morgan fingerprint density at radius 2 is 1.74 bits per heavy atom. The summed E-state index contributed by atoms with van der Waals surface area (Å²) in [5.41, 5.74) is 8.04. The first-order valence-corrected chi connectivity index (χ1v) is 10.8. The predicted molar refractivity (Wildman–Crippen MR) is 108 cm³/mol. The zero-order valence-electron chi connectivity index (χ0n) is 16.1. The maximum atomic E-state index is 12.9. The van der Waals surface area contributed by atoms with Crippen molar-refractivity contribution in [2.45, 2.75) is 50.5 Å². The smallest absolute Gasteiger partial charge is 0.243 e. The summed E-state index contributed by atoms with van der Waals surface area (Å²) in [7, 11) is -3.51. The summed E-state index contributed by atoms with van der Waals surface area (Å²) >= 11 is 0. The van der Waals surface area contributed by atoms with Gasteiger partial charge in [-0.25, -0.2) is 8.42 Å². The van der Waals surface area contributed by atoms with Crippen molar-refractivity contribution in [3.63, 3.8) is 0 Å². The lowest BCUT2D eigenvalue weighted by Crippen LogP contribution is -2.52. The van der Waals surface area contributed by atoms with Crippen LogP contribution >= 0.6 is 12.4 Å². The number of nitrogens with zero attached hydrogens (tertiary/aromatic N) is 2. The van der Waals surface area contributed by atoms with Crippen molar-refractivity contribution in [2.75, 3.05) is 26.2 Å². The molecule has 6 nitrogen and oxygen atoms in total. The van der Waals surface area contributed by atoms with Gasteiger partial charge in [-0.2, -0.15) is 4.31 Å². The molecule has 0 bridgehead atoms. The highest BCUT2D eigenvalue weighted by Gasteiger charge is 2.34. The Labute approximate surface area is 168 Å². The van der Waals surface area contributed by atoms with Crippen molar-refractivity contribution in [1.29, 1.82) is 0 Å². The minimum Gasteiger partial charge on any atom is -0.340 e. The Hall–Kier alpha value is -1.15. The standard InChI is InChI=1S/C19H29N3O3S.ClH/c1-14-6-7-18(12-15(14)2)26(24,25)22-10-8-21(9-11-22)19(23)16-4-3-5-17(20)13-16;/h6-7,12,16-17H,3-5,8-11,13,20H2,1-2H3;1H. The van der Waals surface area contributed by atoms with Crippen LogP contribution in [-0.4, -0.2) is 55.8 Å². The lowest BCUT2D eigenvalue weighted by atomic mass is 9.85. The molecule has 3 rings (SSSR count). The molecule has 1 saturated carbocycles. The van der Waals surface area contributed by atoms with Gasteiger partial charge in [0.05, 0.1) is 4.90 Å². The Bertz CT molecular complexity index is 776. The van der Waals surface area contributed by atoms with E-state index in [0.29, 0.717) is 31.1 Å². The van der Waals surface area contributed by atoms with E-state index in [4.69, 9.17) is 5.73 Å². The fraction of sp³-hybridized carbons (Fsp3) is 0.632. The van der Waals surface area contributed by atoms with Crippen LogP contribution in [0.2, 0.25) is 0 Å². The number of nitrogens with two attached hydrogens (primary N) is 1. The van der Waals surface area contributed by atoms with E-state index in [1.54, 1.807) is 12.1 Å². The number of aryl methyl sites for hydroxylation is 2. The Morgan fingerprint density at radius 3 is 2.33 bits per heavy atom. The molecule has 27 heavy (non-hydrogen) atoms. The third kappa shape index (κ3) is 4.83. The molecular formula is C19H30ClN3O3S. The van der Waals surface area contributed by atoms with E-state index in [2.05, 4.69) is 0 Å². The molecule has 8 heteroatoms. The van der Waals surface area contributed by atoms with Gasteiger partial charge in [0.25, 0.3) is 0 Å². The van der Waals surface area contributed by atoms with Crippen molar-refractivity contribution in [3.05, 3.63) is 29.3 Å². The normalized spacial score (nSPS) is 24.3. The summed E-state index contributed by atoms with van der Waals surface area (Å²) in [6, 6.07) is 5.35. The molecule has 0 spiro atoms. The largest absolute Gasteiger partial charge is 0.340 e. The molecule has 152 valence electrons. The first-order valence-electron chi connectivity index (χ1n) is 9.41. The van der Waals surface area contributed by atoms with Crippen LogP contribution in [0.4, 0.5) is 0 Å². The number of carbonyl (C=O) groups is 1. The molecule has 1 aromatic carbocycles. The molecule has 1 amide bonds. The van der Waals surface area contributed by atoms with Gasteiger partial charge >= 0.3 is 0 Å². The number of sulfonamides is 1. The van der Waals surface area contributed by atoms with E-state index < -0.39 is 10.0 Å². The molecule has 2 fully saturated rings. The summed E-state index contributed by atoms with van der Waals surface area (Å²) in [5, 5.41) is 0. The third-order valence-electron chi connectivity index (χ3n) is 5.73. The lowest BCUT2D eigenvalue weighted by Gasteiger charge is -2.37.